The van der Waals surface area contributed by atoms with Crippen LogP contribution in [0.3, 0.4) is 0 Å². The van der Waals surface area contributed by atoms with Crippen LogP contribution in [0.25, 0.3) is 0 Å². The van der Waals surface area contributed by atoms with Gasteiger partial charge in [-0.2, -0.15) is 18.3 Å². The monoisotopic (exact) mass is 315 g/mol. The van der Waals surface area contributed by atoms with Gasteiger partial charge in [-0.3, -0.25) is 4.68 Å². The zero-order chi connectivity index (χ0) is 15.5. The molecule has 0 unspecified atom stereocenters. The lowest BCUT2D eigenvalue weighted by atomic mass is 10.1. The Bertz CT molecular complexity index is 608. The minimum atomic E-state index is -4.37. The fourth-order valence-corrected chi connectivity index (χ4v) is 2.83. The summed E-state index contributed by atoms with van der Waals surface area (Å²) < 4.78 is 41.2. The number of rotatable bonds is 5. The van der Waals surface area contributed by atoms with E-state index in [1.54, 1.807) is 30.2 Å². The van der Waals surface area contributed by atoms with Gasteiger partial charge in [-0.05, 0) is 24.2 Å². The maximum absolute atomic E-state index is 13.2. The average Bonchev–Trinajstić information content (AvgIpc) is 2.82. The summed E-state index contributed by atoms with van der Waals surface area (Å²) in [6.45, 7) is 3.06. The van der Waals surface area contributed by atoms with Gasteiger partial charge >= 0.3 is 6.18 Å². The smallest absolute Gasteiger partial charge is 0.313 e. The van der Waals surface area contributed by atoms with Crippen LogP contribution in [0.5, 0.6) is 0 Å². The van der Waals surface area contributed by atoms with Crippen LogP contribution >= 0.6 is 11.8 Å². The molecule has 7 heteroatoms. The molecule has 2 aromatic rings. The van der Waals surface area contributed by atoms with Gasteiger partial charge in [-0.15, -0.1) is 0 Å². The van der Waals surface area contributed by atoms with E-state index in [-0.39, 0.29) is 4.90 Å². The largest absolute Gasteiger partial charge is 0.417 e. The summed E-state index contributed by atoms with van der Waals surface area (Å²) in [6, 6.07) is 4.45. The minimum Gasteiger partial charge on any atom is -0.313 e. The van der Waals surface area contributed by atoms with Crippen LogP contribution in [0.4, 0.5) is 13.2 Å². The Balaban J connectivity index is 2.31. The number of halogens is 3. The average molecular weight is 315 g/mol. The van der Waals surface area contributed by atoms with Crippen LogP contribution < -0.4 is 5.32 Å². The minimum absolute atomic E-state index is 0.191. The Kier molecular flexibility index (Phi) is 4.95. The Morgan fingerprint density at radius 1 is 1.33 bits per heavy atom. The van der Waals surface area contributed by atoms with Gasteiger partial charge in [-0.1, -0.05) is 24.8 Å². The van der Waals surface area contributed by atoms with E-state index in [1.165, 1.54) is 12.1 Å². The highest BCUT2D eigenvalue weighted by Crippen LogP contribution is 2.39. The van der Waals surface area contributed by atoms with E-state index < -0.39 is 11.7 Å². The lowest BCUT2D eigenvalue weighted by molar-refractivity contribution is -0.139. The molecule has 0 atom stereocenters. The van der Waals surface area contributed by atoms with E-state index in [9.17, 15) is 13.2 Å². The van der Waals surface area contributed by atoms with E-state index in [2.05, 4.69) is 10.4 Å². The normalized spacial score (nSPS) is 11.9. The fourth-order valence-electron chi connectivity index (χ4n) is 1.85. The first-order valence-corrected chi connectivity index (χ1v) is 7.29. The predicted molar refractivity (Wildman–Crippen MR) is 76.2 cm³/mol. The van der Waals surface area contributed by atoms with Crippen molar-refractivity contribution in [1.29, 1.82) is 0 Å². The molecule has 0 spiro atoms. The third kappa shape index (κ3) is 4.25. The highest BCUT2D eigenvalue weighted by molar-refractivity contribution is 7.99. The van der Waals surface area contributed by atoms with Gasteiger partial charge in [0.2, 0.25) is 0 Å². The van der Waals surface area contributed by atoms with Crippen molar-refractivity contribution in [2.75, 3.05) is 6.54 Å². The second-order valence-corrected chi connectivity index (χ2v) is 5.68. The molecule has 0 bridgehead atoms. The zero-order valence-electron chi connectivity index (χ0n) is 11.7. The van der Waals surface area contributed by atoms with Crippen LogP contribution in [-0.4, -0.2) is 16.3 Å². The maximum Gasteiger partial charge on any atom is 0.417 e. The molecule has 0 amide bonds. The highest BCUT2D eigenvalue weighted by atomic mass is 32.2. The Morgan fingerprint density at radius 2 is 2.10 bits per heavy atom. The molecule has 1 N–H and O–H groups in total. The molecular weight excluding hydrogens is 299 g/mol. The van der Waals surface area contributed by atoms with E-state index in [4.69, 9.17) is 0 Å². The third-order valence-corrected chi connectivity index (χ3v) is 3.86. The molecule has 0 fully saturated rings. The van der Waals surface area contributed by atoms with Gasteiger partial charge < -0.3 is 5.32 Å². The van der Waals surface area contributed by atoms with E-state index >= 15 is 0 Å². The van der Waals surface area contributed by atoms with Gasteiger partial charge in [0.1, 0.15) is 0 Å². The summed E-state index contributed by atoms with van der Waals surface area (Å²) in [5.41, 5.74) is 0.0199. The third-order valence-electron chi connectivity index (χ3n) is 2.84. The molecule has 0 aliphatic rings. The summed E-state index contributed by atoms with van der Waals surface area (Å²) >= 11 is 1.07. The molecule has 3 nitrogen and oxygen atoms in total. The summed E-state index contributed by atoms with van der Waals surface area (Å²) in [6.07, 6.45) is -1.12. The van der Waals surface area contributed by atoms with Crippen molar-refractivity contribution < 1.29 is 13.2 Å². The molecule has 1 aromatic carbocycles. The van der Waals surface area contributed by atoms with Crippen LogP contribution in [-0.2, 0) is 19.8 Å². The standard InChI is InChI=1S/C14H16F3N3S/c1-3-18-7-10-4-5-13(12(6-10)14(15,16)17)21-11-8-19-20(2)9-11/h4-6,8-9,18H,3,7H2,1-2H3. The highest BCUT2D eigenvalue weighted by Gasteiger charge is 2.34. The number of hydrogen-bond donors (Lipinski definition) is 1. The zero-order valence-corrected chi connectivity index (χ0v) is 12.6. The van der Waals surface area contributed by atoms with Crippen molar-refractivity contribution in [3.8, 4) is 0 Å². The Hall–Kier alpha value is -1.47. The number of nitrogens with zero attached hydrogens (tertiary/aromatic N) is 2. The number of alkyl halides is 3. The van der Waals surface area contributed by atoms with Crippen LogP contribution in [0, 0.1) is 0 Å². The first-order valence-electron chi connectivity index (χ1n) is 6.47. The number of aryl methyl sites for hydroxylation is 1. The Morgan fingerprint density at radius 3 is 2.67 bits per heavy atom. The lowest BCUT2D eigenvalue weighted by Gasteiger charge is -2.14. The molecule has 1 heterocycles. The SMILES string of the molecule is CCNCc1ccc(Sc2cnn(C)c2)c(C(F)(F)F)c1. The van der Waals surface area contributed by atoms with Crippen molar-refractivity contribution in [2.45, 2.75) is 29.4 Å². The molecule has 0 aliphatic heterocycles. The van der Waals surface area contributed by atoms with Gasteiger partial charge in [0.25, 0.3) is 0 Å². The molecule has 0 radical (unpaired) electrons. The topological polar surface area (TPSA) is 29.9 Å². The molecule has 0 aliphatic carbocycles. The van der Waals surface area contributed by atoms with Crippen molar-refractivity contribution in [1.82, 2.24) is 15.1 Å². The van der Waals surface area contributed by atoms with Gasteiger partial charge in [0.15, 0.2) is 0 Å². The molecule has 0 saturated heterocycles. The molecule has 0 saturated carbocycles. The molecule has 114 valence electrons. The van der Waals surface area contributed by atoms with Crippen molar-refractivity contribution >= 4 is 11.8 Å². The predicted octanol–water partition coefficient (Wildman–Crippen LogP) is 3.70. The number of nitrogens with one attached hydrogen (secondary N) is 1. The molecule has 21 heavy (non-hydrogen) atoms. The van der Waals surface area contributed by atoms with E-state index in [0.717, 1.165) is 11.8 Å². The summed E-state index contributed by atoms with van der Waals surface area (Å²) in [5.74, 6) is 0. The fraction of sp³-hybridized carbons (Fsp3) is 0.357. The van der Waals surface area contributed by atoms with E-state index in [1.807, 2.05) is 6.92 Å². The van der Waals surface area contributed by atoms with Crippen LogP contribution in [0.15, 0.2) is 40.4 Å². The number of benzene rings is 1. The number of hydrogen-bond acceptors (Lipinski definition) is 3. The summed E-state index contributed by atoms with van der Waals surface area (Å²) in [5, 5.41) is 7.00. The first-order chi connectivity index (χ1) is 9.90. The second-order valence-electron chi connectivity index (χ2n) is 4.56. The molecule has 2 rings (SSSR count). The molecule has 1 aromatic heterocycles. The second kappa shape index (κ2) is 6.53. The van der Waals surface area contributed by atoms with Crippen molar-refractivity contribution in [3.05, 3.63) is 41.7 Å². The van der Waals surface area contributed by atoms with Crippen LogP contribution in [0.2, 0.25) is 0 Å². The van der Waals surface area contributed by atoms with Gasteiger partial charge in [0, 0.05) is 24.7 Å². The molecular formula is C14H16F3N3S. The van der Waals surface area contributed by atoms with Gasteiger partial charge in [-0.25, -0.2) is 0 Å². The first kappa shape index (κ1) is 15.9. The van der Waals surface area contributed by atoms with E-state index in [0.29, 0.717) is 23.5 Å². The maximum atomic E-state index is 13.2. The number of aromatic nitrogens is 2. The quantitative estimate of drug-likeness (QED) is 0.912. The van der Waals surface area contributed by atoms with Crippen molar-refractivity contribution in [2.24, 2.45) is 7.05 Å². The summed E-state index contributed by atoms with van der Waals surface area (Å²) in [4.78, 5) is 0.873. The van der Waals surface area contributed by atoms with Gasteiger partial charge in [0.05, 0.1) is 16.7 Å². The Labute approximate surface area is 125 Å². The summed E-state index contributed by atoms with van der Waals surface area (Å²) in [7, 11) is 1.73. The lowest BCUT2D eigenvalue weighted by Crippen LogP contribution is -2.13. The van der Waals surface area contributed by atoms with Crippen molar-refractivity contribution in [3.63, 3.8) is 0 Å². The van der Waals surface area contributed by atoms with Crippen LogP contribution in [0.1, 0.15) is 18.1 Å².